The summed E-state index contributed by atoms with van der Waals surface area (Å²) >= 11 is 1.58. The molecule has 1 unspecified atom stereocenters. The molecule has 0 amide bonds. The molecule has 152 valence electrons. The standard InChI is InChI=1S/C23H27N3O2S/c1-13(2)10-11-29-23-25-21-20(22(28)26-23)18(15-7-4-6-14(3)12-15)19-16(24-21)8-5-9-17(19)27/h4,6-7,12-13,18H,5,8-11H2,1-3H3,(H2,24,25,26,28). The van der Waals surface area contributed by atoms with Crippen LogP contribution >= 0.6 is 11.8 Å². The number of aromatic amines is 1. The van der Waals surface area contributed by atoms with Crippen molar-refractivity contribution >= 4 is 23.4 Å². The van der Waals surface area contributed by atoms with Gasteiger partial charge in [0, 0.05) is 29.4 Å². The zero-order valence-corrected chi connectivity index (χ0v) is 18.0. The molecule has 0 bridgehead atoms. The van der Waals surface area contributed by atoms with Crippen LogP contribution in [0, 0.1) is 12.8 Å². The third-order valence-electron chi connectivity index (χ3n) is 5.55. The van der Waals surface area contributed by atoms with E-state index in [-0.39, 0.29) is 17.3 Å². The summed E-state index contributed by atoms with van der Waals surface area (Å²) in [5, 5.41) is 3.97. The molecule has 1 aliphatic carbocycles. The van der Waals surface area contributed by atoms with Gasteiger partial charge in [-0.3, -0.25) is 9.59 Å². The molecule has 0 saturated carbocycles. The topological polar surface area (TPSA) is 74.8 Å². The highest BCUT2D eigenvalue weighted by atomic mass is 32.2. The van der Waals surface area contributed by atoms with Crippen molar-refractivity contribution in [1.29, 1.82) is 0 Å². The van der Waals surface area contributed by atoms with Crippen molar-refractivity contribution < 1.29 is 4.79 Å². The molecule has 0 saturated heterocycles. The third-order valence-corrected chi connectivity index (χ3v) is 6.45. The maximum Gasteiger partial charge on any atom is 0.257 e. The first kappa shape index (κ1) is 20.0. The molecule has 0 spiro atoms. The predicted octanol–water partition coefficient (Wildman–Crippen LogP) is 4.78. The fourth-order valence-corrected chi connectivity index (χ4v) is 5.19. The van der Waals surface area contributed by atoms with E-state index >= 15 is 0 Å². The minimum atomic E-state index is -0.361. The molecule has 1 atom stereocenters. The molecule has 4 rings (SSSR count). The van der Waals surface area contributed by atoms with Gasteiger partial charge in [-0.25, -0.2) is 4.98 Å². The van der Waals surface area contributed by atoms with Crippen LogP contribution in [0.4, 0.5) is 5.82 Å². The van der Waals surface area contributed by atoms with Gasteiger partial charge in [0.25, 0.3) is 5.56 Å². The van der Waals surface area contributed by atoms with E-state index < -0.39 is 0 Å². The second-order valence-electron chi connectivity index (χ2n) is 8.31. The number of Topliss-reactive ketones (excluding diaryl/α,β-unsaturated/α-hetero) is 1. The quantitative estimate of drug-likeness (QED) is 0.549. The van der Waals surface area contributed by atoms with E-state index in [9.17, 15) is 9.59 Å². The van der Waals surface area contributed by atoms with Gasteiger partial charge in [-0.1, -0.05) is 55.4 Å². The zero-order chi connectivity index (χ0) is 20.5. The number of nitrogens with one attached hydrogen (secondary N) is 2. The molecule has 2 heterocycles. The Balaban J connectivity index is 1.81. The summed E-state index contributed by atoms with van der Waals surface area (Å²) in [5.74, 6) is 1.88. The van der Waals surface area contributed by atoms with Gasteiger partial charge >= 0.3 is 0 Å². The van der Waals surface area contributed by atoms with E-state index in [1.165, 1.54) is 0 Å². The van der Waals surface area contributed by atoms with E-state index in [2.05, 4.69) is 30.2 Å². The van der Waals surface area contributed by atoms with Gasteiger partial charge in [-0.15, -0.1) is 0 Å². The summed E-state index contributed by atoms with van der Waals surface area (Å²) in [6, 6.07) is 8.08. The molecule has 2 aromatic rings. The number of hydrogen-bond donors (Lipinski definition) is 2. The number of carbonyl (C=O) groups excluding carboxylic acids is 1. The molecule has 1 aromatic heterocycles. The van der Waals surface area contributed by atoms with Crippen molar-refractivity contribution in [3.8, 4) is 0 Å². The van der Waals surface area contributed by atoms with Crippen LogP contribution in [-0.2, 0) is 4.79 Å². The Labute approximate surface area is 175 Å². The van der Waals surface area contributed by atoms with Crippen molar-refractivity contribution in [3.05, 3.63) is 62.6 Å². The number of benzene rings is 1. The van der Waals surface area contributed by atoms with Crippen molar-refractivity contribution in [2.24, 2.45) is 5.92 Å². The number of aromatic nitrogens is 2. The number of ketones is 1. The van der Waals surface area contributed by atoms with Gasteiger partial charge < -0.3 is 10.3 Å². The SMILES string of the molecule is Cc1cccc(C2C3=C(CCCC3=O)Nc3nc(SCCC(C)C)[nH]c(=O)c32)c1. The van der Waals surface area contributed by atoms with Crippen LogP contribution in [-0.4, -0.2) is 21.5 Å². The minimum absolute atomic E-state index is 0.130. The first-order valence-corrected chi connectivity index (χ1v) is 11.3. The van der Waals surface area contributed by atoms with Crippen molar-refractivity contribution in [2.45, 2.75) is 57.5 Å². The van der Waals surface area contributed by atoms with E-state index in [4.69, 9.17) is 4.98 Å². The maximum atomic E-state index is 13.1. The number of carbonyl (C=O) groups is 1. The largest absolute Gasteiger partial charge is 0.343 e. The molecule has 5 nitrogen and oxygen atoms in total. The van der Waals surface area contributed by atoms with Crippen LogP contribution in [0.25, 0.3) is 0 Å². The lowest BCUT2D eigenvalue weighted by molar-refractivity contribution is -0.116. The second-order valence-corrected chi connectivity index (χ2v) is 9.39. The highest BCUT2D eigenvalue weighted by Crippen LogP contribution is 2.43. The molecular formula is C23H27N3O2S. The third kappa shape index (κ3) is 4.04. The van der Waals surface area contributed by atoms with Gasteiger partial charge in [0.15, 0.2) is 10.9 Å². The average molecular weight is 410 g/mol. The Morgan fingerprint density at radius 1 is 1.24 bits per heavy atom. The van der Waals surface area contributed by atoms with Crippen molar-refractivity contribution in [2.75, 3.05) is 11.1 Å². The smallest absolute Gasteiger partial charge is 0.257 e. The van der Waals surface area contributed by atoms with E-state index in [0.29, 0.717) is 28.9 Å². The average Bonchev–Trinajstić information content (AvgIpc) is 2.66. The lowest BCUT2D eigenvalue weighted by Gasteiger charge is -2.32. The fourth-order valence-electron chi connectivity index (χ4n) is 4.08. The molecule has 2 N–H and O–H groups in total. The van der Waals surface area contributed by atoms with E-state index in [1.807, 2.05) is 25.1 Å². The number of aryl methyl sites for hydroxylation is 1. The summed E-state index contributed by atoms with van der Waals surface area (Å²) in [7, 11) is 0. The summed E-state index contributed by atoms with van der Waals surface area (Å²) in [4.78, 5) is 33.7. The summed E-state index contributed by atoms with van der Waals surface area (Å²) in [5.41, 5.74) is 4.14. The molecule has 0 radical (unpaired) electrons. The zero-order valence-electron chi connectivity index (χ0n) is 17.2. The Morgan fingerprint density at radius 3 is 2.83 bits per heavy atom. The van der Waals surface area contributed by atoms with Crippen LogP contribution in [0.2, 0.25) is 0 Å². The minimum Gasteiger partial charge on any atom is -0.343 e. The lowest BCUT2D eigenvalue weighted by Crippen LogP contribution is -2.32. The van der Waals surface area contributed by atoms with Gasteiger partial charge in [0.1, 0.15) is 5.82 Å². The molecular weight excluding hydrogens is 382 g/mol. The number of thioether (sulfide) groups is 1. The molecule has 2 aliphatic rings. The molecule has 6 heteroatoms. The van der Waals surface area contributed by atoms with Crippen LogP contribution in [0.15, 0.2) is 45.5 Å². The first-order chi connectivity index (χ1) is 13.9. The van der Waals surface area contributed by atoms with Crippen molar-refractivity contribution in [1.82, 2.24) is 9.97 Å². The monoisotopic (exact) mass is 409 g/mol. The first-order valence-electron chi connectivity index (χ1n) is 10.3. The van der Waals surface area contributed by atoms with Crippen LogP contribution in [0.5, 0.6) is 0 Å². The number of H-pyrrole nitrogens is 1. The van der Waals surface area contributed by atoms with Crippen LogP contribution in [0.3, 0.4) is 0 Å². The van der Waals surface area contributed by atoms with Gasteiger partial charge in [-0.2, -0.15) is 0 Å². The number of rotatable bonds is 5. The summed E-state index contributed by atoms with van der Waals surface area (Å²) in [6.45, 7) is 6.40. The van der Waals surface area contributed by atoms with Gasteiger partial charge in [-0.05, 0) is 37.7 Å². The fraction of sp³-hybridized carbons (Fsp3) is 0.435. The second kappa shape index (κ2) is 8.19. The Bertz CT molecular complexity index is 1040. The predicted molar refractivity (Wildman–Crippen MR) is 118 cm³/mol. The number of hydrogen-bond acceptors (Lipinski definition) is 5. The molecule has 0 fully saturated rings. The lowest BCUT2D eigenvalue weighted by atomic mass is 9.76. The molecule has 29 heavy (non-hydrogen) atoms. The number of anilines is 1. The number of nitrogens with zero attached hydrogens (tertiary/aromatic N) is 1. The van der Waals surface area contributed by atoms with E-state index in [1.54, 1.807) is 11.8 Å². The van der Waals surface area contributed by atoms with Crippen LogP contribution < -0.4 is 10.9 Å². The summed E-state index contributed by atoms with van der Waals surface area (Å²) < 4.78 is 0. The highest BCUT2D eigenvalue weighted by Gasteiger charge is 2.37. The molecule has 1 aromatic carbocycles. The Kier molecular flexibility index (Phi) is 5.63. The highest BCUT2D eigenvalue weighted by molar-refractivity contribution is 7.99. The van der Waals surface area contributed by atoms with Gasteiger partial charge in [0.05, 0.1) is 5.56 Å². The summed E-state index contributed by atoms with van der Waals surface area (Å²) in [6.07, 6.45) is 3.24. The maximum absolute atomic E-state index is 13.1. The number of allylic oxidation sites excluding steroid dienone is 2. The van der Waals surface area contributed by atoms with E-state index in [0.717, 1.165) is 47.4 Å². The van der Waals surface area contributed by atoms with Gasteiger partial charge in [0.2, 0.25) is 0 Å². The normalized spacial score (nSPS) is 18.5. The number of fused-ring (bicyclic) bond motifs is 1. The Hall–Kier alpha value is -2.34. The Morgan fingerprint density at radius 2 is 2.07 bits per heavy atom. The van der Waals surface area contributed by atoms with Crippen molar-refractivity contribution in [3.63, 3.8) is 0 Å². The molecule has 1 aliphatic heterocycles. The van der Waals surface area contributed by atoms with Crippen LogP contribution in [0.1, 0.15) is 62.1 Å².